The number of rotatable bonds is 7. The van der Waals surface area contributed by atoms with Crippen molar-refractivity contribution in [2.45, 2.75) is 39.5 Å². The summed E-state index contributed by atoms with van der Waals surface area (Å²) >= 11 is 1.72. The number of thiazole rings is 1. The fraction of sp³-hybridized carbons (Fsp3) is 0.474. The molecule has 0 aliphatic rings. The number of halogens is 1. The summed E-state index contributed by atoms with van der Waals surface area (Å²) in [5.41, 5.74) is 3.25. The second kappa shape index (κ2) is 9.51. The number of benzene rings is 1. The van der Waals surface area contributed by atoms with Gasteiger partial charge in [0, 0.05) is 37.9 Å². The lowest BCUT2D eigenvalue weighted by Gasteiger charge is -2.12. The SMILES string of the molecule is CN=C(NCCc1csc(C(C)C)n1)NCCc1ccc(F)cc1C. The van der Waals surface area contributed by atoms with Crippen LogP contribution in [0.1, 0.15) is 41.6 Å². The van der Waals surface area contributed by atoms with E-state index in [9.17, 15) is 4.39 Å². The van der Waals surface area contributed by atoms with Gasteiger partial charge in [-0.3, -0.25) is 4.99 Å². The third-order valence-electron chi connectivity index (χ3n) is 3.95. The van der Waals surface area contributed by atoms with Crippen LogP contribution in [0.5, 0.6) is 0 Å². The minimum Gasteiger partial charge on any atom is -0.356 e. The van der Waals surface area contributed by atoms with Crippen molar-refractivity contribution >= 4 is 17.3 Å². The van der Waals surface area contributed by atoms with Crippen LogP contribution in [0.2, 0.25) is 0 Å². The summed E-state index contributed by atoms with van der Waals surface area (Å²) in [4.78, 5) is 8.88. The molecule has 2 N–H and O–H groups in total. The molecular formula is C19H27FN4S. The Morgan fingerprint density at radius 2 is 1.96 bits per heavy atom. The summed E-state index contributed by atoms with van der Waals surface area (Å²) in [5.74, 6) is 1.07. The van der Waals surface area contributed by atoms with E-state index in [1.165, 1.54) is 11.1 Å². The van der Waals surface area contributed by atoms with Gasteiger partial charge >= 0.3 is 0 Å². The lowest BCUT2D eigenvalue weighted by atomic mass is 10.1. The van der Waals surface area contributed by atoms with Crippen molar-refractivity contribution in [2.75, 3.05) is 20.1 Å². The second-order valence-electron chi connectivity index (χ2n) is 6.33. The first-order valence-electron chi connectivity index (χ1n) is 8.63. The Bertz CT molecular complexity index is 709. The highest BCUT2D eigenvalue weighted by atomic mass is 32.1. The van der Waals surface area contributed by atoms with E-state index in [0.29, 0.717) is 5.92 Å². The predicted octanol–water partition coefficient (Wildman–Crippen LogP) is 3.66. The second-order valence-corrected chi connectivity index (χ2v) is 7.22. The van der Waals surface area contributed by atoms with E-state index >= 15 is 0 Å². The minimum atomic E-state index is -0.186. The Morgan fingerprint density at radius 3 is 2.56 bits per heavy atom. The molecule has 4 nitrogen and oxygen atoms in total. The lowest BCUT2D eigenvalue weighted by molar-refractivity contribution is 0.625. The molecule has 0 saturated heterocycles. The highest BCUT2D eigenvalue weighted by Gasteiger charge is 2.06. The third-order valence-corrected chi connectivity index (χ3v) is 5.15. The highest BCUT2D eigenvalue weighted by molar-refractivity contribution is 7.09. The van der Waals surface area contributed by atoms with Crippen molar-refractivity contribution in [3.8, 4) is 0 Å². The molecule has 1 aromatic carbocycles. The van der Waals surface area contributed by atoms with Gasteiger partial charge in [-0.1, -0.05) is 19.9 Å². The first kappa shape index (κ1) is 19.4. The van der Waals surface area contributed by atoms with Crippen LogP contribution in [-0.2, 0) is 12.8 Å². The normalized spacial score (nSPS) is 11.8. The quantitative estimate of drug-likeness (QED) is 0.584. The monoisotopic (exact) mass is 362 g/mol. The molecule has 0 aliphatic carbocycles. The minimum absolute atomic E-state index is 0.186. The standard InChI is InChI=1S/C19H27FN4S/c1-13(2)18-24-17(12-25-18)8-10-23-19(21-4)22-9-7-15-5-6-16(20)11-14(15)3/h5-6,11-13H,7-10H2,1-4H3,(H2,21,22,23). The zero-order chi connectivity index (χ0) is 18.2. The fourth-order valence-corrected chi connectivity index (χ4v) is 3.36. The van der Waals surface area contributed by atoms with Gasteiger partial charge in [0.2, 0.25) is 0 Å². The Balaban J connectivity index is 1.73. The van der Waals surface area contributed by atoms with Crippen LogP contribution in [0.25, 0.3) is 0 Å². The van der Waals surface area contributed by atoms with Gasteiger partial charge in [-0.15, -0.1) is 11.3 Å². The van der Waals surface area contributed by atoms with Crippen molar-refractivity contribution in [3.63, 3.8) is 0 Å². The van der Waals surface area contributed by atoms with Gasteiger partial charge in [-0.25, -0.2) is 9.37 Å². The smallest absolute Gasteiger partial charge is 0.190 e. The van der Waals surface area contributed by atoms with Crippen molar-refractivity contribution in [1.82, 2.24) is 15.6 Å². The molecule has 2 rings (SSSR count). The van der Waals surface area contributed by atoms with Crippen LogP contribution in [0.15, 0.2) is 28.6 Å². The topological polar surface area (TPSA) is 49.3 Å². The molecule has 0 aliphatic heterocycles. The van der Waals surface area contributed by atoms with Gasteiger partial charge in [0.25, 0.3) is 0 Å². The number of hydrogen-bond donors (Lipinski definition) is 2. The Hall–Kier alpha value is -1.95. The number of nitrogens with one attached hydrogen (secondary N) is 2. The fourth-order valence-electron chi connectivity index (χ4n) is 2.49. The molecule has 0 spiro atoms. The van der Waals surface area contributed by atoms with Gasteiger partial charge in [-0.05, 0) is 36.6 Å². The summed E-state index contributed by atoms with van der Waals surface area (Å²) in [5, 5.41) is 9.92. The first-order valence-corrected chi connectivity index (χ1v) is 9.51. The van der Waals surface area contributed by atoms with Crippen molar-refractivity contribution in [3.05, 3.63) is 51.2 Å². The molecule has 0 atom stereocenters. The molecule has 2 aromatic rings. The van der Waals surface area contributed by atoms with E-state index in [1.54, 1.807) is 24.5 Å². The summed E-state index contributed by atoms with van der Waals surface area (Å²) < 4.78 is 13.1. The van der Waals surface area contributed by atoms with Crippen LogP contribution >= 0.6 is 11.3 Å². The van der Waals surface area contributed by atoms with E-state index in [1.807, 2.05) is 13.0 Å². The zero-order valence-electron chi connectivity index (χ0n) is 15.4. The molecule has 0 radical (unpaired) electrons. The van der Waals surface area contributed by atoms with E-state index in [4.69, 9.17) is 0 Å². The zero-order valence-corrected chi connectivity index (χ0v) is 16.2. The molecule has 136 valence electrons. The summed E-state index contributed by atoms with van der Waals surface area (Å²) in [6, 6.07) is 4.92. The maximum Gasteiger partial charge on any atom is 0.190 e. The number of aromatic nitrogens is 1. The van der Waals surface area contributed by atoms with Gasteiger partial charge in [-0.2, -0.15) is 0 Å². The van der Waals surface area contributed by atoms with Crippen molar-refractivity contribution in [2.24, 2.45) is 4.99 Å². The largest absolute Gasteiger partial charge is 0.356 e. The summed E-state index contributed by atoms with van der Waals surface area (Å²) in [7, 11) is 1.76. The van der Waals surface area contributed by atoms with Crippen molar-refractivity contribution in [1.29, 1.82) is 0 Å². The number of nitrogens with zero attached hydrogens (tertiary/aromatic N) is 2. The van der Waals surface area contributed by atoms with Crippen LogP contribution in [-0.4, -0.2) is 31.1 Å². The maximum absolute atomic E-state index is 13.1. The number of hydrogen-bond acceptors (Lipinski definition) is 3. The number of aryl methyl sites for hydroxylation is 1. The Morgan fingerprint density at radius 1 is 1.24 bits per heavy atom. The summed E-state index contributed by atoms with van der Waals surface area (Å²) in [6.45, 7) is 7.80. The molecule has 25 heavy (non-hydrogen) atoms. The van der Waals surface area contributed by atoms with E-state index < -0.39 is 0 Å². The molecule has 1 aromatic heterocycles. The van der Waals surface area contributed by atoms with Crippen LogP contribution in [0, 0.1) is 12.7 Å². The van der Waals surface area contributed by atoms with Crippen LogP contribution < -0.4 is 10.6 Å². The highest BCUT2D eigenvalue weighted by Crippen LogP contribution is 2.19. The third kappa shape index (κ3) is 6.12. The first-order chi connectivity index (χ1) is 12.0. The molecule has 0 amide bonds. The van der Waals surface area contributed by atoms with E-state index in [2.05, 4.69) is 39.8 Å². The van der Waals surface area contributed by atoms with E-state index in [0.717, 1.165) is 48.7 Å². The number of aliphatic imine (C=N–C) groups is 1. The molecule has 0 saturated carbocycles. The Labute approximate surface area is 153 Å². The maximum atomic E-state index is 13.1. The average Bonchev–Trinajstić information content (AvgIpc) is 3.04. The Kier molecular flexibility index (Phi) is 7.37. The molecule has 6 heteroatoms. The van der Waals surface area contributed by atoms with Gasteiger partial charge < -0.3 is 10.6 Å². The average molecular weight is 363 g/mol. The number of guanidine groups is 1. The molecule has 0 fully saturated rings. The molecule has 0 bridgehead atoms. The van der Waals surface area contributed by atoms with Gasteiger partial charge in [0.05, 0.1) is 10.7 Å². The lowest BCUT2D eigenvalue weighted by Crippen LogP contribution is -2.39. The van der Waals surface area contributed by atoms with Crippen LogP contribution in [0.4, 0.5) is 4.39 Å². The predicted molar refractivity (Wildman–Crippen MR) is 104 cm³/mol. The van der Waals surface area contributed by atoms with Crippen LogP contribution in [0.3, 0.4) is 0 Å². The van der Waals surface area contributed by atoms with Crippen molar-refractivity contribution < 1.29 is 4.39 Å². The van der Waals surface area contributed by atoms with Gasteiger partial charge in [0.1, 0.15) is 5.82 Å². The van der Waals surface area contributed by atoms with Gasteiger partial charge in [0.15, 0.2) is 5.96 Å². The molecule has 0 unspecified atom stereocenters. The summed E-state index contributed by atoms with van der Waals surface area (Å²) in [6.07, 6.45) is 1.71. The van der Waals surface area contributed by atoms with E-state index in [-0.39, 0.29) is 5.82 Å². The molecular weight excluding hydrogens is 335 g/mol. The molecule has 1 heterocycles.